The fourth-order valence-electron chi connectivity index (χ4n) is 2.96. The van der Waals surface area contributed by atoms with Gasteiger partial charge in [0.2, 0.25) is 5.91 Å². The van der Waals surface area contributed by atoms with E-state index in [1.54, 1.807) is 31.2 Å². The minimum atomic E-state index is -0.501. The Balaban J connectivity index is 2.22. The molecule has 0 aromatic heterocycles. The van der Waals surface area contributed by atoms with Crippen LogP contribution in [0, 0.1) is 17.2 Å². The van der Waals surface area contributed by atoms with Gasteiger partial charge in [-0.05, 0) is 49.9 Å². The van der Waals surface area contributed by atoms with Gasteiger partial charge in [-0.15, -0.1) is 0 Å². The Hall–Kier alpha value is -1.90. The van der Waals surface area contributed by atoms with Crippen molar-refractivity contribution in [3.63, 3.8) is 0 Å². The largest absolute Gasteiger partial charge is 0.393 e. The first-order valence-corrected chi connectivity index (χ1v) is 7.24. The molecule has 112 valence electrons. The second-order valence-corrected chi connectivity index (χ2v) is 5.68. The minimum Gasteiger partial charge on any atom is -0.393 e. The molecule has 1 amide bonds. The molecule has 0 bridgehead atoms. The summed E-state index contributed by atoms with van der Waals surface area (Å²) in [4.78, 5) is 13.9. The highest BCUT2D eigenvalue weighted by atomic mass is 16.3. The van der Waals surface area contributed by atoms with Gasteiger partial charge in [0.25, 0.3) is 0 Å². The average molecular weight is 287 g/mol. The Kier molecular flexibility index (Phi) is 4.94. The topological polar surface area (TPSA) is 90.3 Å². The molecule has 0 spiro atoms. The van der Waals surface area contributed by atoms with Crippen LogP contribution in [0.4, 0.5) is 0 Å². The molecule has 1 heterocycles. The molecule has 3 unspecified atom stereocenters. The summed E-state index contributed by atoms with van der Waals surface area (Å²) < 4.78 is 0. The van der Waals surface area contributed by atoms with Gasteiger partial charge in [0.15, 0.2) is 0 Å². The molecule has 21 heavy (non-hydrogen) atoms. The van der Waals surface area contributed by atoms with Crippen molar-refractivity contribution in [2.75, 3.05) is 13.1 Å². The van der Waals surface area contributed by atoms with Gasteiger partial charge in [-0.2, -0.15) is 5.26 Å². The second-order valence-electron chi connectivity index (χ2n) is 5.68. The first-order chi connectivity index (χ1) is 10.0. The first kappa shape index (κ1) is 15.5. The molecule has 5 heteroatoms. The number of aliphatic hydroxyl groups is 1. The molecule has 1 fully saturated rings. The molecule has 5 nitrogen and oxygen atoms in total. The molecular formula is C16H21N3O2. The molecule has 3 atom stereocenters. The highest BCUT2D eigenvalue weighted by Crippen LogP contribution is 2.28. The average Bonchev–Trinajstić information content (AvgIpc) is 2.48. The van der Waals surface area contributed by atoms with Gasteiger partial charge in [-0.3, -0.25) is 9.69 Å². The van der Waals surface area contributed by atoms with Crippen LogP contribution in [-0.2, 0) is 4.79 Å². The second kappa shape index (κ2) is 6.70. The number of hydrogen-bond donors (Lipinski definition) is 2. The van der Waals surface area contributed by atoms with Crippen LogP contribution in [-0.4, -0.2) is 35.1 Å². The summed E-state index contributed by atoms with van der Waals surface area (Å²) >= 11 is 0. The van der Waals surface area contributed by atoms with Crippen molar-refractivity contribution in [1.82, 2.24) is 4.90 Å². The molecule has 1 aliphatic rings. The number of benzene rings is 1. The van der Waals surface area contributed by atoms with Crippen LogP contribution >= 0.6 is 0 Å². The quantitative estimate of drug-likeness (QED) is 0.870. The zero-order chi connectivity index (χ0) is 15.4. The van der Waals surface area contributed by atoms with Gasteiger partial charge in [-0.1, -0.05) is 12.1 Å². The summed E-state index contributed by atoms with van der Waals surface area (Å²) in [6.07, 6.45) is 1.52. The lowest BCUT2D eigenvalue weighted by Gasteiger charge is -2.38. The zero-order valence-corrected chi connectivity index (χ0v) is 12.2. The third-order valence-corrected chi connectivity index (χ3v) is 4.16. The van der Waals surface area contributed by atoms with Crippen molar-refractivity contribution in [1.29, 1.82) is 5.26 Å². The van der Waals surface area contributed by atoms with Crippen molar-refractivity contribution < 1.29 is 9.90 Å². The fraction of sp³-hybridized carbons (Fsp3) is 0.500. The van der Waals surface area contributed by atoms with Gasteiger partial charge in [0.05, 0.1) is 17.7 Å². The van der Waals surface area contributed by atoms with Gasteiger partial charge in [-0.25, -0.2) is 0 Å². The molecule has 1 aromatic rings. The number of amides is 1. The van der Waals surface area contributed by atoms with Crippen LogP contribution in [0.25, 0.3) is 0 Å². The van der Waals surface area contributed by atoms with Crippen molar-refractivity contribution in [3.05, 3.63) is 35.4 Å². The van der Waals surface area contributed by atoms with Crippen molar-refractivity contribution >= 4 is 5.91 Å². The maximum absolute atomic E-state index is 11.9. The van der Waals surface area contributed by atoms with Crippen molar-refractivity contribution in [3.8, 4) is 6.07 Å². The van der Waals surface area contributed by atoms with Gasteiger partial charge in [0.1, 0.15) is 6.04 Å². The molecule has 1 saturated heterocycles. The van der Waals surface area contributed by atoms with E-state index in [9.17, 15) is 9.90 Å². The minimum absolute atomic E-state index is 0.166. The van der Waals surface area contributed by atoms with Crippen LogP contribution in [0.5, 0.6) is 0 Å². The van der Waals surface area contributed by atoms with Crippen molar-refractivity contribution in [2.45, 2.75) is 31.9 Å². The number of aliphatic hydroxyl groups excluding tert-OH is 1. The highest BCUT2D eigenvalue weighted by Gasteiger charge is 2.31. The van der Waals surface area contributed by atoms with E-state index in [1.807, 2.05) is 4.90 Å². The molecule has 3 N–H and O–H groups in total. The predicted octanol–water partition coefficient (Wildman–Crippen LogP) is 1.18. The Labute approximate surface area is 125 Å². The maximum atomic E-state index is 11.9. The molecule has 0 saturated carbocycles. The Morgan fingerprint density at radius 2 is 2.14 bits per heavy atom. The molecule has 1 aromatic carbocycles. The molecule has 0 radical (unpaired) electrons. The summed E-state index contributed by atoms with van der Waals surface area (Å²) in [7, 11) is 0. The van der Waals surface area contributed by atoms with E-state index < -0.39 is 11.9 Å². The maximum Gasteiger partial charge on any atom is 0.239 e. The smallest absolute Gasteiger partial charge is 0.239 e. The number of likely N-dealkylation sites (tertiary alicyclic amines) is 1. The van der Waals surface area contributed by atoms with E-state index in [2.05, 4.69) is 6.07 Å². The molecular weight excluding hydrogens is 266 g/mol. The van der Waals surface area contributed by atoms with E-state index in [4.69, 9.17) is 11.0 Å². The monoisotopic (exact) mass is 287 g/mol. The van der Waals surface area contributed by atoms with Crippen LogP contribution in [0.2, 0.25) is 0 Å². The number of primary amides is 1. The van der Waals surface area contributed by atoms with E-state index >= 15 is 0 Å². The Morgan fingerprint density at radius 1 is 1.48 bits per heavy atom. The van der Waals surface area contributed by atoms with E-state index in [-0.39, 0.29) is 12.0 Å². The highest BCUT2D eigenvalue weighted by molar-refractivity contribution is 5.81. The van der Waals surface area contributed by atoms with E-state index in [0.29, 0.717) is 12.1 Å². The molecule has 2 rings (SSSR count). The number of nitrogens with two attached hydrogens (primary N) is 1. The van der Waals surface area contributed by atoms with Crippen LogP contribution in [0.15, 0.2) is 24.3 Å². The predicted molar refractivity (Wildman–Crippen MR) is 79.1 cm³/mol. The Bertz CT molecular complexity index is 533. The summed E-state index contributed by atoms with van der Waals surface area (Å²) in [6.45, 7) is 3.23. The van der Waals surface area contributed by atoms with Gasteiger partial charge >= 0.3 is 0 Å². The first-order valence-electron chi connectivity index (χ1n) is 7.24. The number of nitriles is 1. The SMILES string of the molecule is CC(O)C1CCCN(C(C(N)=O)c2ccc(C#N)cc2)C1. The number of hydrogen-bond acceptors (Lipinski definition) is 4. The summed E-state index contributed by atoms with van der Waals surface area (Å²) in [5.74, 6) is -0.232. The molecule has 0 aliphatic carbocycles. The zero-order valence-electron chi connectivity index (χ0n) is 12.2. The fourth-order valence-corrected chi connectivity index (χ4v) is 2.96. The Morgan fingerprint density at radius 3 is 2.67 bits per heavy atom. The third kappa shape index (κ3) is 3.60. The summed E-state index contributed by atoms with van der Waals surface area (Å²) in [5, 5.41) is 18.6. The third-order valence-electron chi connectivity index (χ3n) is 4.16. The van der Waals surface area contributed by atoms with E-state index in [1.165, 1.54) is 0 Å². The number of carbonyl (C=O) groups excluding carboxylic acids is 1. The number of nitrogens with zero attached hydrogens (tertiary/aromatic N) is 2. The lowest BCUT2D eigenvalue weighted by atomic mass is 9.91. The lowest BCUT2D eigenvalue weighted by Crippen LogP contribution is -2.45. The number of carbonyl (C=O) groups is 1. The van der Waals surface area contributed by atoms with Crippen LogP contribution in [0.1, 0.15) is 36.9 Å². The summed E-state index contributed by atoms with van der Waals surface area (Å²) in [6, 6.07) is 8.51. The normalized spacial score (nSPS) is 22.2. The summed E-state index contributed by atoms with van der Waals surface area (Å²) in [5.41, 5.74) is 6.94. The van der Waals surface area contributed by atoms with Gasteiger partial charge in [0, 0.05) is 6.54 Å². The lowest BCUT2D eigenvalue weighted by molar-refractivity contribution is -0.124. The standard InChI is InChI=1S/C16H21N3O2/c1-11(20)14-3-2-8-19(10-14)15(16(18)21)13-6-4-12(9-17)5-7-13/h4-7,11,14-15,20H,2-3,8,10H2,1H3,(H2,18,21). The number of piperidine rings is 1. The van der Waals surface area contributed by atoms with Crippen LogP contribution in [0.3, 0.4) is 0 Å². The van der Waals surface area contributed by atoms with Gasteiger partial charge < -0.3 is 10.8 Å². The van der Waals surface area contributed by atoms with Crippen molar-refractivity contribution in [2.24, 2.45) is 11.7 Å². The van der Waals surface area contributed by atoms with E-state index in [0.717, 1.165) is 24.9 Å². The number of rotatable bonds is 4. The van der Waals surface area contributed by atoms with Crippen LogP contribution < -0.4 is 5.73 Å². The molecule has 1 aliphatic heterocycles.